The maximum Gasteiger partial charge on any atom is 0.253 e. The third kappa shape index (κ3) is 5.32. The van der Waals surface area contributed by atoms with Gasteiger partial charge in [0, 0.05) is 31.5 Å². The maximum absolute atomic E-state index is 12.9. The minimum Gasteiger partial charge on any atom is -0.497 e. The van der Waals surface area contributed by atoms with E-state index in [1.54, 1.807) is 13.3 Å². The third-order valence-electron chi connectivity index (χ3n) is 5.14. The van der Waals surface area contributed by atoms with Crippen molar-refractivity contribution in [1.82, 2.24) is 10.3 Å². The second-order valence-electron chi connectivity index (χ2n) is 7.20. The van der Waals surface area contributed by atoms with Crippen molar-refractivity contribution < 1.29 is 14.3 Å². The number of pyridine rings is 1. The molecule has 0 unspecified atom stereocenters. The highest BCUT2D eigenvalue weighted by Gasteiger charge is 2.14. The van der Waals surface area contributed by atoms with Gasteiger partial charge in [0.05, 0.1) is 31.6 Å². The molecule has 1 fully saturated rings. The van der Waals surface area contributed by atoms with E-state index in [9.17, 15) is 4.79 Å². The normalized spacial score (nSPS) is 13.5. The zero-order valence-corrected chi connectivity index (χ0v) is 17.5. The van der Waals surface area contributed by atoms with E-state index in [0.29, 0.717) is 25.3 Å². The molecule has 7 heteroatoms. The lowest BCUT2D eigenvalue weighted by molar-refractivity contribution is 0.0951. The number of ether oxygens (including phenoxy) is 2. The number of hydrogen-bond donors (Lipinski definition) is 2. The van der Waals surface area contributed by atoms with Crippen molar-refractivity contribution in [3.8, 4) is 5.75 Å². The van der Waals surface area contributed by atoms with E-state index in [1.165, 1.54) is 0 Å². The molecule has 0 radical (unpaired) electrons. The number of rotatable bonds is 7. The Balaban J connectivity index is 1.42. The molecule has 0 saturated carbocycles. The average molecular weight is 418 g/mol. The van der Waals surface area contributed by atoms with Crippen molar-refractivity contribution >= 4 is 23.1 Å². The molecule has 4 rings (SSSR count). The first-order chi connectivity index (χ1) is 15.2. The lowest BCUT2D eigenvalue weighted by Crippen LogP contribution is -2.36. The zero-order valence-electron chi connectivity index (χ0n) is 17.5. The largest absolute Gasteiger partial charge is 0.497 e. The Morgan fingerprint density at radius 1 is 1.10 bits per heavy atom. The van der Waals surface area contributed by atoms with Crippen LogP contribution < -0.4 is 20.3 Å². The number of aromatic nitrogens is 1. The van der Waals surface area contributed by atoms with Crippen LogP contribution >= 0.6 is 0 Å². The Kier molecular flexibility index (Phi) is 6.64. The predicted molar refractivity (Wildman–Crippen MR) is 121 cm³/mol. The molecule has 31 heavy (non-hydrogen) atoms. The predicted octanol–water partition coefficient (Wildman–Crippen LogP) is 3.60. The minimum atomic E-state index is -0.138. The molecule has 2 heterocycles. The number of nitrogens with one attached hydrogen (secondary N) is 2. The number of benzene rings is 2. The van der Waals surface area contributed by atoms with Crippen LogP contribution in [0.15, 0.2) is 66.9 Å². The summed E-state index contributed by atoms with van der Waals surface area (Å²) < 4.78 is 10.6. The summed E-state index contributed by atoms with van der Waals surface area (Å²) in [5.41, 5.74) is 3.21. The molecule has 1 aliphatic heterocycles. The highest BCUT2D eigenvalue weighted by molar-refractivity contribution is 6.00. The molecule has 1 aliphatic rings. The first-order valence-corrected chi connectivity index (χ1v) is 10.3. The monoisotopic (exact) mass is 418 g/mol. The molecule has 0 spiro atoms. The number of amides is 1. The van der Waals surface area contributed by atoms with Crippen molar-refractivity contribution in [3.05, 3.63) is 78.0 Å². The summed E-state index contributed by atoms with van der Waals surface area (Å²) in [6.45, 7) is 3.50. The Morgan fingerprint density at radius 3 is 2.65 bits per heavy atom. The first kappa shape index (κ1) is 20.7. The average Bonchev–Trinajstić information content (AvgIpc) is 2.84. The van der Waals surface area contributed by atoms with Crippen molar-refractivity contribution in [1.29, 1.82) is 0 Å². The quantitative estimate of drug-likeness (QED) is 0.611. The molecule has 1 amide bonds. The van der Waals surface area contributed by atoms with E-state index >= 15 is 0 Å². The lowest BCUT2D eigenvalue weighted by Gasteiger charge is -2.28. The van der Waals surface area contributed by atoms with Crippen LogP contribution in [0.3, 0.4) is 0 Å². The van der Waals surface area contributed by atoms with E-state index in [-0.39, 0.29) is 5.91 Å². The van der Waals surface area contributed by atoms with Crippen LogP contribution in [0.1, 0.15) is 15.9 Å². The third-order valence-corrected chi connectivity index (χ3v) is 5.14. The van der Waals surface area contributed by atoms with Crippen LogP contribution in [-0.2, 0) is 11.3 Å². The number of para-hydroxylation sites is 1. The van der Waals surface area contributed by atoms with E-state index in [1.807, 2.05) is 60.7 Å². The minimum absolute atomic E-state index is 0.138. The van der Waals surface area contributed by atoms with Gasteiger partial charge in [-0.15, -0.1) is 0 Å². The second-order valence-corrected chi connectivity index (χ2v) is 7.20. The summed E-state index contributed by atoms with van der Waals surface area (Å²) in [6.07, 6.45) is 1.78. The Bertz CT molecular complexity index is 1020. The number of nitrogens with zero attached hydrogens (tertiary/aromatic N) is 2. The lowest BCUT2D eigenvalue weighted by atomic mass is 10.1. The van der Waals surface area contributed by atoms with Gasteiger partial charge in [0.25, 0.3) is 5.91 Å². The standard InChI is InChI=1S/C24H26N4O3/c1-30-20-8-6-19(7-9-20)27-22-5-3-2-4-21(22)24(29)26-17-18-10-11-25-23(16-18)28-12-14-31-15-13-28/h2-11,16,27H,12-15,17H2,1H3,(H,26,29). The smallest absolute Gasteiger partial charge is 0.253 e. The van der Waals surface area contributed by atoms with Crippen molar-refractivity contribution in [2.24, 2.45) is 0 Å². The van der Waals surface area contributed by atoms with Crippen LogP contribution in [0.2, 0.25) is 0 Å². The van der Waals surface area contributed by atoms with Crippen LogP contribution in [0, 0.1) is 0 Å². The fourth-order valence-corrected chi connectivity index (χ4v) is 3.43. The van der Waals surface area contributed by atoms with Gasteiger partial charge in [-0.05, 0) is 54.1 Å². The molecular formula is C24H26N4O3. The summed E-state index contributed by atoms with van der Waals surface area (Å²) in [5.74, 6) is 1.56. The molecule has 1 saturated heterocycles. The fourth-order valence-electron chi connectivity index (χ4n) is 3.43. The molecule has 2 aromatic carbocycles. The van der Waals surface area contributed by atoms with Crippen LogP contribution in [-0.4, -0.2) is 44.3 Å². The van der Waals surface area contributed by atoms with Crippen LogP contribution in [0.4, 0.5) is 17.2 Å². The van der Waals surface area contributed by atoms with Crippen molar-refractivity contribution in [2.45, 2.75) is 6.54 Å². The molecule has 2 N–H and O–H groups in total. The van der Waals surface area contributed by atoms with E-state index in [2.05, 4.69) is 20.5 Å². The number of carbonyl (C=O) groups is 1. The zero-order chi connectivity index (χ0) is 21.5. The van der Waals surface area contributed by atoms with Gasteiger partial charge >= 0.3 is 0 Å². The topological polar surface area (TPSA) is 75.7 Å². The molecule has 0 aliphatic carbocycles. The van der Waals surface area contributed by atoms with Gasteiger partial charge < -0.3 is 25.0 Å². The van der Waals surface area contributed by atoms with Gasteiger partial charge in [-0.25, -0.2) is 4.98 Å². The molecule has 0 bridgehead atoms. The summed E-state index contributed by atoms with van der Waals surface area (Å²) in [4.78, 5) is 19.6. The summed E-state index contributed by atoms with van der Waals surface area (Å²) in [5, 5.41) is 6.33. The molecule has 3 aromatic rings. The Labute approximate surface area is 182 Å². The molecule has 0 atom stereocenters. The van der Waals surface area contributed by atoms with Gasteiger partial charge in [-0.2, -0.15) is 0 Å². The fraction of sp³-hybridized carbons (Fsp3) is 0.250. The number of hydrogen-bond acceptors (Lipinski definition) is 6. The number of morpholine rings is 1. The van der Waals surface area contributed by atoms with E-state index in [0.717, 1.165) is 41.6 Å². The van der Waals surface area contributed by atoms with Gasteiger partial charge in [-0.1, -0.05) is 12.1 Å². The molecule has 1 aromatic heterocycles. The van der Waals surface area contributed by atoms with Crippen LogP contribution in [0.5, 0.6) is 5.75 Å². The number of methoxy groups -OCH3 is 1. The summed E-state index contributed by atoms with van der Waals surface area (Å²) in [6, 6.07) is 19.0. The van der Waals surface area contributed by atoms with Crippen LogP contribution in [0.25, 0.3) is 0 Å². The number of anilines is 3. The van der Waals surface area contributed by atoms with Gasteiger partial charge in [-0.3, -0.25) is 4.79 Å². The number of carbonyl (C=O) groups excluding carboxylic acids is 1. The highest BCUT2D eigenvalue weighted by Crippen LogP contribution is 2.23. The SMILES string of the molecule is COc1ccc(Nc2ccccc2C(=O)NCc2ccnc(N3CCOCC3)c2)cc1. The van der Waals surface area contributed by atoms with E-state index in [4.69, 9.17) is 9.47 Å². The van der Waals surface area contributed by atoms with Gasteiger partial charge in [0.1, 0.15) is 11.6 Å². The highest BCUT2D eigenvalue weighted by atomic mass is 16.5. The van der Waals surface area contributed by atoms with Gasteiger partial charge in [0.15, 0.2) is 0 Å². The summed E-state index contributed by atoms with van der Waals surface area (Å²) in [7, 11) is 1.63. The van der Waals surface area contributed by atoms with Crippen molar-refractivity contribution in [2.75, 3.05) is 43.6 Å². The summed E-state index contributed by atoms with van der Waals surface area (Å²) >= 11 is 0. The van der Waals surface area contributed by atoms with Crippen molar-refractivity contribution in [3.63, 3.8) is 0 Å². The Hall–Kier alpha value is -3.58. The molecule has 7 nitrogen and oxygen atoms in total. The van der Waals surface area contributed by atoms with E-state index < -0.39 is 0 Å². The second kappa shape index (κ2) is 9.95. The first-order valence-electron chi connectivity index (χ1n) is 10.3. The Morgan fingerprint density at radius 2 is 1.87 bits per heavy atom. The maximum atomic E-state index is 12.9. The van der Waals surface area contributed by atoms with Gasteiger partial charge in [0.2, 0.25) is 0 Å². The molecule has 160 valence electrons. The molecular weight excluding hydrogens is 392 g/mol.